The molecule has 5 heteroatoms. The summed E-state index contributed by atoms with van der Waals surface area (Å²) in [7, 11) is 0. The van der Waals surface area contributed by atoms with Crippen molar-refractivity contribution in [3.8, 4) is 0 Å². The minimum absolute atomic E-state index is 0.312. The molecule has 0 aliphatic rings. The molecule has 2 rings (SSSR count). The van der Waals surface area contributed by atoms with E-state index < -0.39 is 5.97 Å². The number of hydrogen-bond acceptors (Lipinski definition) is 3. The molecule has 2 nitrogen and oxygen atoms in total. The Hall–Kier alpha value is -0.270. The second kappa shape index (κ2) is 3.71. The fraction of sp³-hybridized carbons (Fsp3) is 0. The molecule has 0 atom stereocenters. The van der Waals surface area contributed by atoms with Crippen LogP contribution in [0.25, 0.3) is 10.1 Å². The molecular weight excluding hydrogens is 331 g/mol. The van der Waals surface area contributed by atoms with Crippen LogP contribution in [0.3, 0.4) is 0 Å². The zero-order chi connectivity index (χ0) is 10.3. The Morgan fingerprint density at radius 1 is 1.50 bits per heavy atom. The molecule has 0 saturated carbocycles. The topological polar surface area (TPSA) is 37.3 Å². The Kier molecular flexibility index (Phi) is 2.72. The number of hydrogen-bond donors (Lipinski definition) is 2. The first kappa shape index (κ1) is 10.3. The van der Waals surface area contributed by atoms with E-state index in [1.54, 1.807) is 0 Å². The predicted octanol–water partition coefficient (Wildman–Crippen LogP) is 3.49. The minimum Gasteiger partial charge on any atom is -0.477 e. The van der Waals surface area contributed by atoms with Crippen LogP contribution in [0.1, 0.15) is 9.67 Å². The Morgan fingerprint density at radius 3 is 2.79 bits per heavy atom. The molecule has 1 N–H and O–H groups in total. The first-order valence-electron chi connectivity index (χ1n) is 3.74. The number of fused-ring (bicyclic) bond motifs is 1. The smallest absolute Gasteiger partial charge is 0.347 e. The number of rotatable bonds is 1. The van der Waals surface area contributed by atoms with Gasteiger partial charge in [0.1, 0.15) is 4.88 Å². The van der Waals surface area contributed by atoms with Gasteiger partial charge in [0.2, 0.25) is 0 Å². The average Bonchev–Trinajstić information content (AvgIpc) is 2.45. The van der Waals surface area contributed by atoms with Gasteiger partial charge in [0.05, 0.1) is 0 Å². The summed E-state index contributed by atoms with van der Waals surface area (Å²) in [5.74, 6) is -0.910. The van der Waals surface area contributed by atoms with E-state index >= 15 is 0 Å². The highest BCUT2D eigenvalue weighted by Crippen LogP contribution is 2.36. The van der Waals surface area contributed by atoms with Crippen LogP contribution in [-0.4, -0.2) is 11.1 Å². The van der Waals surface area contributed by atoms with Crippen molar-refractivity contribution in [2.75, 3.05) is 0 Å². The Morgan fingerprint density at radius 2 is 2.21 bits per heavy atom. The van der Waals surface area contributed by atoms with E-state index in [0.717, 1.165) is 13.7 Å². The number of carbonyl (C=O) groups is 1. The lowest BCUT2D eigenvalue weighted by Gasteiger charge is -1.94. The van der Waals surface area contributed by atoms with E-state index in [4.69, 9.17) is 5.11 Å². The van der Waals surface area contributed by atoms with Gasteiger partial charge in [-0.25, -0.2) is 4.79 Å². The molecule has 1 aromatic carbocycles. The molecule has 14 heavy (non-hydrogen) atoms. The zero-order valence-corrected chi connectivity index (χ0v) is 10.7. The second-order valence-corrected chi connectivity index (χ2v) is 5.36. The summed E-state index contributed by atoms with van der Waals surface area (Å²) in [6, 6.07) is 5.77. The molecule has 0 bridgehead atoms. The van der Waals surface area contributed by atoms with Gasteiger partial charge in [0.15, 0.2) is 0 Å². The molecule has 1 heterocycles. The normalized spacial score (nSPS) is 10.7. The van der Waals surface area contributed by atoms with Crippen molar-refractivity contribution < 1.29 is 9.90 Å². The van der Waals surface area contributed by atoms with Crippen molar-refractivity contribution in [3.63, 3.8) is 0 Å². The molecule has 0 saturated heterocycles. The third-order valence-electron chi connectivity index (χ3n) is 1.83. The monoisotopic (exact) mass is 336 g/mol. The van der Waals surface area contributed by atoms with Crippen molar-refractivity contribution in [2.45, 2.75) is 4.90 Å². The summed E-state index contributed by atoms with van der Waals surface area (Å²) >= 11 is 7.70. The van der Waals surface area contributed by atoms with E-state index in [0.29, 0.717) is 9.77 Å². The highest BCUT2D eigenvalue weighted by molar-refractivity contribution is 14.1. The van der Waals surface area contributed by atoms with Crippen LogP contribution in [0.15, 0.2) is 23.1 Å². The van der Waals surface area contributed by atoms with Gasteiger partial charge in [0.25, 0.3) is 0 Å². The van der Waals surface area contributed by atoms with Crippen LogP contribution < -0.4 is 0 Å². The van der Waals surface area contributed by atoms with Crippen LogP contribution in [0.5, 0.6) is 0 Å². The summed E-state index contributed by atoms with van der Waals surface area (Å²) in [6.45, 7) is 0. The van der Waals surface area contributed by atoms with Gasteiger partial charge in [-0.3, -0.25) is 0 Å². The summed E-state index contributed by atoms with van der Waals surface area (Å²) < 4.78 is 2.01. The van der Waals surface area contributed by atoms with Gasteiger partial charge >= 0.3 is 5.97 Å². The zero-order valence-electron chi connectivity index (χ0n) is 6.82. The highest BCUT2D eigenvalue weighted by Gasteiger charge is 2.16. The Bertz CT molecular complexity index is 519. The maximum Gasteiger partial charge on any atom is 0.347 e. The summed E-state index contributed by atoms with van der Waals surface area (Å²) in [6.07, 6.45) is 0. The summed E-state index contributed by atoms with van der Waals surface area (Å²) in [5.41, 5.74) is 0. The number of benzene rings is 1. The van der Waals surface area contributed by atoms with Crippen molar-refractivity contribution in [1.29, 1.82) is 0 Å². The number of carboxylic acid groups (broad SMARTS) is 1. The van der Waals surface area contributed by atoms with E-state index in [-0.39, 0.29) is 0 Å². The van der Waals surface area contributed by atoms with Crippen molar-refractivity contribution in [1.82, 2.24) is 0 Å². The van der Waals surface area contributed by atoms with Gasteiger partial charge in [-0.2, -0.15) is 0 Å². The largest absolute Gasteiger partial charge is 0.477 e. The molecule has 0 fully saturated rings. The SMILES string of the molecule is O=C(O)c1sc2cccc(I)c2c1S. The average molecular weight is 336 g/mol. The standard InChI is InChI=1S/C9H5IO2S2/c10-4-2-1-3-5-6(4)7(13)8(14-5)9(11)12/h1-3,13H,(H,11,12). The maximum absolute atomic E-state index is 10.9. The summed E-state index contributed by atoms with van der Waals surface area (Å²) in [5, 5.41) is 9.86. The van der Waals surface area contributed by atoms with Gasteiger partial charge in [-0.05, 0) is 34.7 Å². The molecule has 0 amide bonds. The van der Waals surface area contributed by atoms with Crippen molar-refractivity contribution >= 4 is 62.6 Å². The highest BCUT2D eigenvalue weighted by atomic mass is 127. The number of thiol groups is 1. The van der Waals surface area contributed by atoms with Crippen molar-refractivity contribution in [2.24, 2.45) is 0 Å². The van der Waals surface area contributed by atoms with Crippen LogP contribution >= 0.6 is 46.6 Å². The molecule has 2 aromatic rings. The maximum atomic E-state index is 10.9. The van der Waals surface area contributed by atoms with E-state index in [1.165, 1.54) is 11.3 Å². The molecular formula is C9H5IO2S2. The molecule has 0 spiro atoms. The quantitative estimate of drug-likeness (QED) is 0.618. The minimum atomic E-state index is -0.910. The number of aromatic carboxylic acids is 1. The number of carboxylic acids is 1. The molecule has 0 aliphatic carbocycles. The number of thiophene rings is 1. The van der Waals surface area contributed by atoms with Gasteiger partial charge in [0, 0.05) is 18.6 Å². The molecule has 72 valence electrons. The van der Waals surface area contributed by atoms with Crippen LogP contribution in [0.2, 0.25) is 0 Å². The first-order valence-corrected chi connectivity index (χ1v) is 6.09. The lowest BCUT2D eigenvalue weighted by atomic mass is 10.2. The van der Waals surface area contributed by atoms with Crippen LogP contribution in [0, 0.1) is 3.57 Å². The van der Waals surface area contributed by atoms with Crippen molar-refractivity contribution in [3.05, 3.63) is 26.6 Å². The Balaban J connectivity index is 2.87. The third-order valence-corrected chi connectivity index (χ3v) is 4.47. The molecule has 1 aromatic heterocycles. The Labute approximate surface area is 103 Å². The van der Waals surface area contributed by atoms with E-state index in [9.17, 15) is 4.79 Å². The predicted molar refractivity (Wildman–Crippen MR) is 68.8 cm³/mol. The first-order chi connectivity index (χ1) is 6.61. The van der Waals surface area contributed by atoms with E-state index in [2.05, 4.69) is 35.2 Å². The van der Waals surface area contributed by atoms with Gasteiger partial charge < -0.3 is 5.11 Å². The fourth-order valence-electron chi connectivity index (χ4n) is 1.24. The second-order valence-electron chi connectivity index (χ2n) is 2.70. The number of halogens is 1. The van der Waals surface area contributed by atoms with Crippen LogP contribution in [-0.2, 0) is 0 Å². The third kappa shape index (κ3) is 1.53. The molecule has 0 aliphatic heterocycles. The molecule has 0 unspecified atom stereocenters. The van der Waals surface area contributed by atoms with Crippen LogP contribution in [0.4, 0.5) is 0 Å². The fourth-order valence-corrected chi connectivity index (χ4v) is 3.92. The molecule has 0 radical (unpaired) electrons. The lowest BCUT2D eigenvalue weighted by Crippen LogP contribution is -1.92. The van der Waals surface area contributed by atoms with Gasteiger partial charge in [-0.1, -0.05) is 6.07 Å². The lowest BCUT2D eigenvalue weighted by molar-refractivity contribution is 0.0699. The summed E-state index contributed by atoms with van der Waals surface area (Å²) in [4.78, 5) is 11.7. The van der Waals surface area contributed by atoms with E-state index in [1.807, 2.05) is 18.2 Å². The van der Waals surface area contributed by atoms with Gasteiger partial charge in [-0.15, -0.1) is 24.0 Å².